The lowest BCUT2D eigenvalue weighted by Gasteiger charge is -2.64. The van der Waals surface area contributed by atoms with Crippen LogP contribution < -0.4 is 4.74 Å². The quantitative estimate of drug-likeness (QED) is 0.560. The lowest BCUT2D eigenvalue weighted by molar-refractivity contribution is -0.212. The van der Waals surface area contributed by atoms with E-state index in [1.54, 1.807) is 0 Å². The van der Waals surface area contributed by atoms with E-state index in [1.807, 2.05) is 27.7 Å². The average Bonchev–Trinajstić information content (AvgIpc) is 2.71. The van der Waals surface area contributed by atoms with Crippen molar-refractivity contribution in [3.63, 3.8) is 0 Å². The SMILES string of the molecule is CC1Cc2c3c(c(Cl)c(O)c2C(=O)O1)OC1(C)C(O)CC2C(C)(C)C(=O)CCC2(C)C1C3. The van der Waals surface area contributed by atoms with Crippen molar-refractivity contribution in [2.75, 3.05) is 0 Å². The maximum absolute atomic E-state index is 12.8. The molecule has 1 aromatic carbocycles. The van der Waals surface area contributed by atoms with Crippen molar-refractivity contribution < 1.29 is 29.3 Å². The number of halogens is 1. The van der Waals surface area contributed by atoms with Gasteiger partial charge in [0.05, 0.1) is 6.10 Å². The van der Waals surface area contributed by atoms with E-state index in [9.17, 15) is 19.8 Å². The second-order valence-electron chi connectivity index (χ2n) is 11.2. The van der Waals surface area contributed by atoms with Crippen molar-refractivity contribution in [1.82, 2.24) is 0 Å². The topological polar surface area (TPSA) is 93.1 Å². The van der Waals surface area contributed by atoms with E-state index in [4.69, 9.17) is 21.1 Å². The molecule has 0 bridgehead atoms. The monoisotopic (exact) mass is 462 g/mol. The first-order chi connectivity index (χ1) is 14.8. The number of hydrogen-bond donors (Lipinski definition) is 2. The average molecular weight is 463 g/mol. The molecule has 6 unspecified atom stereocenters. The Kier molecular flexibility index (Phi) is 4.56. The maximum Gasteiger partial charge on any atom is 0.342 e. The summed E-state index contributed by atoms with van der Waals surface area (Å²) in [6.45, 7) is 9.96. The maximum atomic E-state index is 12.8. The number of aliphatic hydroxyl groups excluding tert-OH is 1. The van der Waals surface area contributed by atoms with Gasteiger partial charge in [0.15, 0.2) is 5.75 Å². The van der Waals surface area contributed by atoms with Gasteiger partial charge in [0.1, 0.15) is 33.8 Å². The molecule has 5 rings (SSSR count). The number of carbonyl (C=O) groups excluding carboxylic acids is 2. The number of carbonyl (C=O) groups is 2. The van der Waals surface area contributed by atoms with Gasteiger partial charge >= 0.3 is 5.97 Å². The van der Waals surface area contributed by atoms with E-state index in [-0.39, 0.29) is 45.5 Å². The number of rotatable bonds is 0. The minimum atomic E-state index is -0.917. The molecule has 0 amide bonds. The molecule has 174 valence electrons. The van der Waals surface area contributed by atoms with Crippen LogP contribution in [0.1, 0.15) is 75.4 Å². The van der Waals surface area contributed by atoms with E-state index in [0.29, 0.717) is 31.4 Å². The molecule has 4 aliphatic rings. The van der Waals surface area contributed by atoms with Crippen molar-refractivity contribution in [1.29, 1.82) is 0 Å². The van der Waals surface area contributed by atoms with Gasteiger partial charge in [0.25, 0.3) is 0 Å². The zero-order chi connectivity index (χ0) is 23.4. The minimum absolute atomic E-state index is 0.0106. The highest BCUT2D eigenvalue weighted by Gasteiger charge is 2.66. The molecule has 0 spiro atoms. The third kappa shape index (κ3) is 2.62. The Morgan fingerprint density at radius 1 is 1.06 bits per heavy atom. The van der Waals surface area contributed by atoms with E-state index < -0.39 is 23.1 Å². The molecule has 2 saturated carbocycles. The second kappa shape index (κ2) is 6.63. The summed E-state index contributed by atoms with van der Waals surface area (Å²) < 4.78 is 11.9. The van der Waals surface area contributed by atoms with E-state index >= 15 is 0 Å². The standard InChI is InChI=1S/C25H31ClO6/c1-11-8-12-13-9-15-24(4)7-6-16(27)23(2,3)14(24)10-17(28)25(15,5)32-21(13)19(26)20(29)18(12)22(30)31-11/h11,14-15,17,28-29H,6-10H2,1-5H3. The lowest BCUT2D eigenvalue weighted by Crippen LogP contribution is -2.68. The molecular formula is C25H31ClO6. The predicted molar refractivity (Wildman–Crippen MR) is 118 cm³/mol. The molecule has 2 aliphatic heterocycles. The van der Waals surface area contributed by atoms with Gasteiger partial charge in [0, 0.05) is 29.7 Å². The Hall–Kier alpha value is -1.79. The van der Waals surface area contributed by atoms with Gasteiger partial charge in [-0.05, 0) is 50.0 Å². The first-order valence-corrected chi connectivity index (χ1v) is 11.9. The van der Waals surface area contributed by atoms with Crippen LogP contribution >= 0.6 is 11.6 Å². The first-order valence-electron chi connectivity index (χ1n) is 11.5. The van der Waals surface area contributed by atoms with Gasteiger partial charge in [-0.25, -0.2) is 4.79 Å². The summed E-state index contributed by atoms with van der Waals surface area (Å²) in [5, 5.41) is 22.0. The highest BCUT2D eigenvalue weighted by Crippen LogP contribution is 2.65. The molecule has 1 aromatic rings. The molecule has 0 saturated heterocycles. The van der Waals surface area contributed by atoms with E-state index in [0.717, 1.165) is 17.5 Å². The number of benzene rings is 1. The fourth-order valence-corrected chi connectivity index (χ4v) is 7.59. The number of esters is 1. The molecular weight excluding hydrogens is 432 g/mol. The van der Waals surface area contributed by atoms with Crippen molar-refractivity contribution >= 4 is 23.4 Å². The zero-order valence-corrected chi connectivity index (χ0v) is 20.0. The van der Waals surface area contributed by atoms with Crippen LogP contribution in [0.5, 0.6) is 11.5 Å². The third-order valence-corrected chi connectivity index (χ3v) is 9.55. The van der Waals surface area contributed by atoms with Crippen LogP contribution in [0.15, 0.2) is 0 Å². The zero-order valence-electron chi connectivity index (χ0n) is 19.3. The Morgan fingerprint density at radius 3 is 2.44 bits per heavy atom. The molecule has 2 N–H and O–H groups in total. The van der Waals surface area contributed by atoms with Crippen molar-refractivity contribution in [3.8, 4) is 11.5 Å². The summed E-state index contributed by atoms with van der Waals surface area (Å²) in [6.07, 6.45) is 1.62. The number of Topliss-reactive ketones (excluding diaryl/α,β-unsaturated/α-hetero) is 1. The molecule has 6 nitrogen and oxygen atoms in total. The molecule has 2 fully saturated rings. The Balaban J connectivity index is 1.70. The van der Waals surface area contributed by atoms with Crippen LogP contribution in [0.4, 0.5) is 0 Å². The summed E-state index contributed by atoms with van der Waals surface area (Å²) in [5.41, 5.74) is -0.0196. The van der Waals surface area contributed by atoms with Gasteiger partial charge in [0.2, 0.25) is 0 Å². The van der Waals surface area contributed by atoms with Gasteiger partial charge in [-0.2, -0.15) is 0 Å². The van der Waals surface area contributed by atoms with Crippen molar-refractivity contribution in [2.24, 2.45) is 22.7 Å². The Bertz CT molecular complexity index is 1050. The van der Waals surface area contributed by atoms with E-state index in [2.05, 4.69) is 6.92 Å². The number of cyclic esters (lactones) is 1. The number of aliphatic hydroxyl groups is 1. The summed E-state index contributed by atoms with van der Waals surface area (Å²) in [5.74, 6) is -0.362. The molecule has 2 heterocycles. The molecule has 0 radical (unpaired) electrons. The van der Waals surface area contributed by atoms with Crippen LogP contribution in [-0.2, 0) is 22.4 Å². The van der Waals surface area contributed by atoms with Gasteiger partial charge in [-0.15, -0.1) is 0 Å². The molecule has 32 heavy (non-hydrogen) atoms. The normalized spacial score (nSPS) is 39.7. The van der Waals surface area contributed by atoms with Crippen LogP contribution in [0.2, 0.25) is 5.02 Å². The van der Waals surface area contributed by atoms with Gasteiger partial charge < -0.3 is 19.7 Å². The number of ketones is 1. The minimum Gasteiger partial charge on any atom is -0.505 e. The fourth-order valence-electron chi connectivity index (χ4n) is 7.34. The lowest BCUT2D eigenvalue weighted by atomic mass is 9.43. The number of hydrogen-bond acceptors (Lipinski definition) is 6. The second-order valence-corrected chi connectivity index (χ2v) is 11.6. The van der Waals surface area contributed by atoms with Crippen LogP contribution in [0.25, 0.3) is 0 Å². The van der Waals surface area contributed by atoms with Crippen LogP contribution in [-0.4, -0.2) is 39.8 Å². The third-order valence-electron chi connectivity index (χ3n) is 9.20. The van der Waals surface area contributed by atoms with Crippen molar-refractivity contribution in [2.45, 2.75) is 84.5 Å². The van der Waals surface area contributed by atoms with E-state index in [1.165, 1.54) is 0 Å². The number of phenolic OH excluding ortho intramolecular Hbond substituents is 1. The van der Waals surface area contributed by atoms with Crippen LogP contribution in [0, 0.1) is 22.7 Å². The fraction of sp³-hybridized carbons (Fsp3) is 0.680. The number of fused-ring (bicyclic) bond motifs is 6. The molecule has 2 aliphatic carbocycles. The first kappa shape index (κ1) is 22.0. The Labute approximate surface area is 193 Å². The van der Waals surface area contributed by atoms with Crippen molar-refractivity contribution in [3.05, 3.63) is 21.7 Å². The summed E-state index contributed by atoms with van der Waals surface area (Å²) >= 11 is 6.52. The highest BCUT2D eigenvalue weighted by molar-refractivity contribution is 6.34. The highest BCUT2D eigenvalue weighted by atomic mass is 35.5. The number of ether oxygens (including phenoxy) is 2. The molecule has 6 atom stereocenters. The number of phenols is 1. The summed E-state index contributed by atoms with van der Waals surface area (Å²) in [4.78, 5) is 25.4. The predicted octanol–water partition coefficient (Wildman–Crippen LogP) is 4.23. The number of aromatic hydroxyl groups is 1. The summed E-state index contributed by atoms with van der Waals surface area (Å²) in [7, 11) is 0. The van der Waals surface area contributed by atoms with Gasteiger partial charge in [-0.3, -0.25) is 4.79 Å². The summed E-state index contributed by atoms with van der Waals surface area (Å²) in [6, 6.07) is 0. The smallest absolute Gasteiger partial charge is 0.342 e. The largest absolute Gasteiger partial charge is 0.505 e. The molecule has 0 aromatic heterocycles. The van der Waals surface area contributed by atoms with Gasteiger partial charge in [-0.1, -0.05) is 32.4 Å². The van der Waals surface area contributed by atoms with Crippen LogP contribution in [0.3, 0.4) is 0 Å². The molecule has 7 heteroatoms. The Morgan fingerprint density at radius 2 is 1.75 bits per heavy atom.